The molecule has 8 nitrogen and oxygen atoms in total. The van der Waals surface area contributed by atoms with Crippen LogP contribution in [0.1, 0.15) is 19.5 Å². The van der Waals surface area contributed by atoms with E-state index in [9.17, 15) is 0 Å². The minimum absolute atomic E-state index is 0.564. The van der Waals surface area contributed by atoms with Crippen molar-refractivity contribution in [1.29, 1.82) is 0 Å². The highest BCUT2D eigenvalue weighted by Crippen LogP contribution is 2.28. The third kappa shape index (κ3) is 2.56. The van der Waals surface area contributed by atoms with E-state index in [0.29, 0.717) is 17.4 Å². The molecule has 0 bridgehead atoms. The molecule has 0 fully saturated rings. The second-order valence-electron chi connectivity index (χ2n) is 5.96. The van der Waals surface area contributed by atoms with Gasteiger partial charge in [0, 0.05) is 19.4 Å². The summed E-state index contributed by atoms with van der Waals surface area (Å²) in [6, 6.07) is 2.09. The molecule has 4 heterocycles. The zero-order chi connectivity index (χ0) is 16.7. The topological polar surface area (TPSA) is 86.7 Å². The maximum Gasteiger partial charge on any atom is 0.235 e. The summed E-state index contributed by atoms with van der Waals surface area (Å²) in [5.41, 5.74) is 2.70. The van der Waals surface area contributed by atoms with Crippen LogP contribution in [0.3, 0.4) is 0 Å². The van der Waals surface area contributed by atoms with Crippen LogP contribution in [0.15, 0.2) is 24.7 Å². The molecule has 0 aliphatic heterocycles. The number of fused-ring (bicyclic) bond motifs is 1. The molecule has 0 aliphatic carbocycles. The molecular weight excluding hydrogens is 324 g/mol. The van der Waals surface area contributed by atoms with Crippen molar-refractivity contribution in [1.82, 2.24) is 39.6 Å². The molecule has 9 heteroatoms. The van der Waals surface area contributed by atoms with Crippen LogP contribution in [0.2, 0.25) is 0 Å². The Hall–Kier alpha value is -2.68. The highest BCUT2D eigenvalue weighted by atomic mass is 32.1. The Balaban J connectivity index is 1.77. The van der Waals surface area contributed by atoms with E-state index in [-0.39, 0.29) is 0 Å². The summed E-state index contributed by atoms with van der Waals surface area (Å²) < 4.78 is 3.57. The molecule has 0 N–H and O–H groups in total. The van der Waals surface area contributed by atoms with Gasteiger partial charge in [-0.25, -0.2) is 4.98 Å². The van der Waals surface area contributed by atoms with Crippen LogP contribution in [0, 0.1) is 5.92 Å². The second-order valence-corrected chi connectivity index (χ2v) is 6.91. The minimum atomic E-state index is 0.564. The van der Waals surface area contributed by atoms with Gasteiger partial charge in [-0.3, -0.25) is 9.67 Å². The molecule has 0 unspecified atom stereocenters. The monoisotopic (exact) mass is 340 g/mol. The average Bonchev–Trinajstić information content (AvgIpc) is 3.21. The Bertz CT molecular complexity index is 982. The van der Waals surface area contributed by atoms with Gasteiger partial charge in [-0.05, 0) is 18.4 Å². The maximum absolute atomic E-state index is 4.65. The van der Waals surface area contributed by atoms with E-state index in [0.717, 1.165) is 27.8 Å². The molecule has 0 aromatic carbocycles. The molecular formula is C15H16N8S. The fourth-order valence-corrected chi connectivity index (χ4v) is 3.43. The van der Waals surface area contributed by atoms with Crippen LogP contribution in [0.5, 0.6) is 0 Å². The van der Waals surface area contributed by atoms with Crippen molar-refractivity contribution in [3.8, 4) is 22.2 Å². The number of aryl methyl sites for hydroxylation is 1. The van der Waals surface area contributed by atoms with Crippen LogP contribution in [-0.4, -0.2) is 39.6 Å². The summed E-state index contributed by atoms with van der Waals surface area (Å²) in [6.07, 6.45) is 5.85. The Morgan fingerprint density at radius 3 is 2.79 bits per heavy atom. The molecule has 4 aromatic heterocycles. The molecule has 0 saturated heterocycles. The molecule has 4 rings (SSSR count). The van der Waals surface area contributed by atoms with Crippen LogP contribution in [-0.2, 0) is 13.5 Å². The lowest BCUT2D eigenvalue weighted by molar-refractivity contribution is 0.621. The lowest BCUT2D eigenvalue weighted by atomic mass is 10.1. The zero-order valence-electron chi connectivity index (χ0n) is 13.6. The van der Waals surface area contributed by atoms with Gasteiger partial charge in [-0.2, -0.15) is 14.7 Å². The van der Waals surface area contributed by atoms with Crippen molar-refractivity contribution < 1.29 is 0 Å². The normalized spacial score (nSPS) is 11.7. The first-order valence-corrected chi connectivity index (χ1v) is 8.45. The summed E-state index contributed by atoms with van der Waals surface area (Å²) in [5.74, 6) is 1.15. The summed E-state index contributed by atoms with van der Waals surface area (Å²) >= 11 is 1.48. The SMILES string of the molecule is CC(C)Cc1cc(-c2nn3c(-c4cnccn4)nnc3s2)n(C)n1. The predicted molar refractivity (Wildman–Crippen MR) is 90.4 cm³/mol. The van der Waals surface area contributed by atoms with Crippen molar-refractivity contribution in [2.45, 2.75) is 20.3 Å². The molecule has 0 aliphatic rings. The van der Waals surface area contributed by atoms with Crippen molar-refractivity contribution in [3.05, 3.63) is 30.4 Å². The Labute approximate surface area is 142 Å². The maximum atomic E-state index is 4.65. The van der Waals surface area contributed by atoms with Gasteiger partial charge < -0.3 is 0 Å². The summed E-state index contributed by atoms with van der Waals surface area (Å²) in [7, 11) is 1.94. The zero-order valence-corrected chi connectivity index (χ0v) is 14.4. The first kappa shape index (κ1) is 14.9. The van der Waals surface area contributed by atoms with E-state index in [2.05, 4.69) is 50.3 Å². The Kier molecular flexibility index (Phi) is 3.57. The number of hydrogen-bond donors (Lipinski definition) is 0. The molecule has 0 spiro atoms. The Morgan fingerprint density at radius 2 is 2.04 bits per heavy atom. The van der Waals surface area contributed by atoms with Gasteiger partial charge in [0.1, 0.15) is 5.69 Å². The van der Waals surface area contributed by atoms with Crippen LogP contribution in [0.4, 0.5) is 0 Å². The van der Waals surface area contributed by atoms with E-state index < -0.39 is 0 Å². The van der Waals surface area contributed by atoms with Crippen molar-refractivity contribution in [2.24, 2.45) is 13.0 Å². The Morgan fingerprint density at radius 1 is 1.17 bits per heavy atom. The van der Waals surface area contributed by atoms with E-state index in [4.69, 9.17) is 0 Å². The van der Waals surface area contributed by atoms with Crippen molar-refractivity contribution in [3.63, 3.8) is 0 Å². The largest absolute Gasteiger partial charge is 0.265 e. The molecule has 4 aromatic rings. The number of aromatic nitrogens is 8. The van der Waals surface area contributed by atoms with Crippen molar-refractivity contribution >= 4 is 16.3 Å². The fraction of sp³-hybridized carbons (Fsp3) is 0.333. The number of hydrogen-bond acceptors (Lipinski definition) is 7. The van der Waals surface area contributed by atoms with Gasteiger partial charge in [-0.1, -0.05) is 25.2 Å². The van der Waals surface area contributed by atoms with E-state index in [1.54, 1.807) is 23.1 Å². The third-order valence-corrected chi connectivity index (χ3v) is 4.47. The molecule has 0 amide bonds. The van der Waals surface area contributed by atoms with E-state index >= 15 is 0 Å². The second kappa shape index (κ2) is 5.75. The average molecular weight is 340 g/mol. The molecule has 122 valence electrons. The molecule has 0 atom stereocenters. The van der Waals surface area contributed by atoms with Gasteiger partial charge in [-0.15, -0.1) is 10.2 Å². The van der Waals surface area contributed by atoms with Crippen LogP contribution >= 0.6 is 11.3 Å². The van der Waals surface area contributed by atoms with Crippen molar-refractivity contribution in [2.75, 3.05) is 0 Å². The fourth-order valence-electron chi connectivity index (χ4n) is 2.54. The lowest BCUT2D eigenvalue weighted by Gasteiger charge is -1.98. The highest BCUT2D eigenvalue weighted by molar-refractivity contribution is 7.19. The minimum Gasteiger partial charge on any atom is -0.265 e. The predicted octanol–water partition coefficient (Wildman–Crippen LogP) is 2.24. The molecule has 0 saturated carbocycles. The quantitative estimate of drug-likeness (QED) is 0.566. The molecule has 24 heavy (non-hydrogen) atoms. The third-order valence-electron chi connectivity index (χ3n) is 3.55. The van der Waals surface area contributed by atoms with Gasteiger partial charge in [0.2, 0.25) is 10.8 Å². The number of nitrogens with zero attached hydrogens (tertiary/aromatic N) is 8. The number of rotatable bonds is 4. The lowest BCUT2D eigenvalue weighted by Crippen LogP contribution is -1.98. The molecule has 0 radical (unpaired) electrons. The summed E-state index contributed by atoms with van der Waals surface area (Å²) in [6.45, 7) is 4.37. The highest BCUT2D eigenvalue weighted by Gasteiger charge is 2.18. The summed E-state index contributed by atoms with van der Waals surface area (Å²) in [5, 5.41) is 18.4. The summed E-state index contributed by atoms with van der Waals surface area (Å²) in [4.78, 5) is 9.06. The first-order valence-electron chi connectivity index (χ1n) is 7.63. The standard InChI is InChI=1S/C15H16N8S/c1-9(2)6-10-7-12(22(3)20-10)14-21-23-13(18-19-15(23)24-14)11-8-16-4-5-17-11/h4-5,7-9H,6H2,1-3H3. The van der Waals surface area contributed by atoms with Gasteiger partial charge in [0.15, 0.2) is 5.01 Å². The van der Waals surface area contributed by atoms with Gasteiger partial charge in [0.05, 0.1) is 17.6 Å². The van der Waals surface area contributed by atoms with E-state index in [1.807, 2.05) is 11.7 Å². The van der Waals surface area contributed by atoms with Gasteiger partial charge in [0.25, 0.3) is 0 Å². The van der Waals surface area contributed by atoms with Gasteiger partial charge >= 0.3 is 0 Å². The van der Waals surface area contributed by atoms with E-state index in [1.165, 1.54) is 11.3 Å². The van der Waals surface area contributed by atoms with Crippen LogP contribution < -0.4 is 0 Å². The smallest absolute Gasteiger partial charge is 0.235 e. The van der Waals surface area contributed by atoms with Crippen LogP contribution in [0.25, 0.3) is 27.2 Å². The first-order chi connectivity index (χ1) is 11.6.